The molecular formula is C23H35N3O2. The molecule has 3 fully saturated rings. The van der Waals surface area contributed by atoms with Gasteiger partial charge >= 0.3 is 0 Å². The van der Waals surface area contributed by atoms with Crippen molar-refractivity contribution in [2.45, 2.75) is 58.3 Å². The Bertz CT molecular complexity index is 700. The maximum atomic E-state index is 6.17. The smallest absolute Gasteiger partial charge is 0.191 e. The van der Waals surface area contributed by atoms with Gasteiger partial charge in [0.25, 0.3) is 0 Å². The lowest BCUT2D eigenvalue weighted by Crippen LogP contribution is -2.68. The van der Waals surface area contributed by atoms with Gasteiger partial charge in [0.15, 0.2) is 5.96 Å². The van der Waals surface area contributed by atoms with Crippen molar-refractivity contribution in [1.82, 2.24) is 10.6 Å². The predicted octanol–water partition coefficient (Wildman–Crippen LogP) is 3.44. The predicted molar refractivity (Wildman–Crippen MR) is 113 cm³/mol. The molecule has 2 saturated heterocycles. The van der Waals surface area contributed by atoms with Gasteiger partial charge in [0.1, 0.15) is 0 Å². The van der Waals surface area contributed by atoms with Gasteiger partial charge in [0.2, 0.25) is 0 Å². The highest BCUT2D eigenvalue weighted by Crippen LogP contribution is 2.52. The van der Waals surface area contributed by atoms with E-state index in [0.29, 0.717) is 24.0 Å². The van der Waals surface area contributed by atoms with E-state index in [-0.39, 0.29) is 11.5 Å². The summed E-state index contributed by atoms with van der Waals surface area (Å²) in [5, 5.41) is 7.27. The zero-order valence-electron chi connectivity index (χ0n) is 17.7. The average Bonchev–Trinajstić information content (AvgIpc) is 3.16. The minimum atomic E-state index is 0.150. The molecule has 5 unspecified atom stereocenters. The number of rotatable bonds is 4. The van der Waals surface area contributed by atoms with Crippen LogP contribution in [0, 0.1) is 24.2 Å². The Hall–Kier alpha value is -1.59. The molecule has 2 aliphatic heterocycles. The van der Waals surface area contributed by atoms with Crippen LogP contribution in [-0.2, 0) is 9.47 Å². The van der Waals surface area contributed by atoms with Crippen molar-refractivity contribution in [2.75, 3.05) is 26.8 Å². The first-order valence-electron chi connectivity index (χ1n) is 10.8. The molecule has 0 radical (unpaired) electrons. The second kappa shape index (κ2) is 8.03. The molecule has 154 valence electrons. The fourth-order valence-electron chi connectivity index (χ4n) is 5.36. The van der Waals surface area contributed by atoms with Crippen LogP contribution in [0.2, 0.25) is 0 Å². The molecule has 4 rings (SSSR count). The van der Waals surface area contributed by atoms with Gasteiger partial charge in [-0.1, -0.05) is 43.7 Å². The molecule has 1 aromatic rings. The summed E-state index contributed by atoms with van der Waals surface area (Å²) in [7, 11) is 1.86. The van der Waals surface area contributed by atoms with Crippen LogP contribution in [0.25, 0.3) is 0 Å². The first-order valence-corrected chi connectivity index (χ1v) is 10.8. The Morgan fingerprint density at radius 3 is 2.68 bits per heavy atom. The molecule has 3 aliphatic rings. The minimum Gasteiger partial charge on any atom is -0.377 e. The molecule has 1 saturated carbocycles. The summed E-state index contributed by atoms with van der Waals surface area (Å²) in [6.45, 7) is 9.33. The fraction of sp³-hybridized carbons (Fsp3) is 0.696. The molecule has 5 nitrogen and oxygen atoms in total. The maximum absolute atomic E-state index is 6.17. The van der Waals surface area contributed by atoms with Gasteiger partial charge in [-0.15, -0.1) is 0 Å². The van der Waals surface area contributed by atoms with E-state index in [9.17, 15) is 0 Å². The Labute approximate surface area is 169 Å². The van der Waals surface area contributed by atoms with Crippen LogP contribution in [0.5, 0.6) is 0 Å². The second-order valence-electron chi connectivity index (χ2n) is 9.24. The first kappa shape index (κ1) is 19.7. The third kappa shape index (κ3) is 3.67. The van der Waals surface area contributed by atoms with Crippen LogP contribution >= 0.6 is 0 Å². The van der Waals surface area contributed by atoms with E-state index >= 15 is 0 Å². The third-order valence-electron chi connectivity index (χ3n) is 7.00. The van der Waals surface area contributed by atoms with Crippen molar-refractivity contribution in [2.24, 2.45) is 22.2 Å². The Kier molecular flexibility index (Phi) is 5.66. The van der Waals surface area contributed by atoms with Crippen LogP contribution in [0.15, 0.2) is 29.3 Å². The average molecular weight is 386 g/mol. The molecule has 5 atom stereocenters. The van der Waals surface area contributed by atoms with Gasteiger partial charge in [0, 0.05) is 50.1 Å². The van der Waals surface area contributed by atoms with Crippen molar-refractivity contribution < 1.29 is 9.47 Å². The molecule has 0 bridgehead atoms. The van der Waals surface area contributed by atoms with E-state index in [0.717, 1.165) is 38.6 Å². The van der Waals surface area contributed by atoms with Gasteiger partial charge < -0.3 is 20.1 Å². The number of hydrogen-bond acceptors (Lipinski definition) is 3. The standard InChI is InChI=1S/C23H35N3O2/c1-15-7-9-16(10-8-15)19-17(6-5-12-27-19)14-25-22(24-4)26-20-18-11-13-28-21(18)23(20,2)3/h7-10,17-21H,5-6,11-14H2,1-4H3,(H2,24,25,26). The Morgan fingerprint density at radius 2 is 1.93 bits per heavy atom. The molecule has 0 spiro atoms. The lowest BCUT2D eigenvalue weighted by atomic mass is 9.57. The Morgan fingerprint density at radius 1 is 1.14 bits per heavy atom. The summed E-state index contributed by atoms with van der Waals surface area (Å²) in [5.74, 6) is 1.95. The van der Waals surface area contributed by atoms with Gasteiger partial charge in [-0.25, -0.2) is 0 Å². The lowest BCUT2D eigenvalue weighted by molar-refractivity contribution is -0.106. The number of guanidine groups is 1. The third-order valence-corrected chi connectivity index (χ3v) is 7.00. The van der Waals surface area contributed by atoms with Gasteiger partial charge in [-0.3, -0.25) is 4.99 Å². The van der Waals surface area contributed by atoms with Gasteiger partial charge in [0.05, 0.1) is 12.2 Å². The number of aryl methyl sites for hydroxylation is 1. The number of aliphatic imine (C=N–C) groups is 1. The van der Waals surface area contributed by atoms with Crippen LogP contribution in [-0.4, -0.2) is 44.9 Å². The number of benzene rings is 1. The van der Waals surface area contributed by atoms with Crippen molar-refractivity contribution in [3.8, 4) is 0 Å². The fourth-order valence-corrected chi connectivity index (χ4v) is 5.36. The monoisotopic (exact) mass is 385 g/mol. The van der Waals surface area contributed by atoms with E-state index in [4.69, 9.17) is 9.47 Å². The van der Waals surface area contributed by atoms with E-state index in [1.807, 2.05) is 7.05 Å². The number of hydrogen-bond donors (Lipinski definition) is 2. The van der Waals surface area contributed by atoms with Crippen LogP contribution in [0.3, 0.4) is 0 Å². The van der Waals surface area contributed by atoms with Crippen LogP contribution in [0.1, 0.15) is 50.3 Å². The highest BCUT2D eigenvalue weighted by Gasteiger charge is 2.59. The lowest BCUT2D eigenvalue weighted by Gasteiger charge is -2.55. The SMILES string of the molecule is CN=C(NCC1CCCOC1c1ccc(C)cc1)NC1C2CCOC2C1(C)C. The maximum Gasteiger partial charge on any atom is 0.191 e. The second-order valence-corrected chi connectivity index (χ2v) is 9.24. The van der Waals surface area contributed by atoms with Gasteiger partial charge in [-0.2, -0.15) is 0 Å². The summed E-state index contributed by atoms with van der Waals surface area (Å²) in [4.78, 5) is 4.50. The van der Waals surface area contributed by atoms with Crippen molar-refractivity contribution in [3.05, 3.63) is 35.4 Å². The normalized spacial score (nSPS) is 34.4. The highest BCUT2D eigenvalue weighted by atomic mass is 16.5. The van der Waals surface area contributed by atoms with Gasteiger partial charge in [-0.05, 0) is 31.7 Å². The van der Waals surface area contributed by atoms with Crippen LogP contribution in [0.4, 0.5) is 0 Å². The molecule has 28 heavy (non-hydrogen) atoms. The van der Waals surface area contributed by atoms with E-state index in [1.54, 1.807) is 0 Å². The Balaban J connectivity index is 1.37. The minimum absolute atomic E-state index is 0.150. The van der Waals surface area contributed by atoms with Crippen molar-refractivity contribution in [3.63, 3.8) is 0 Å². The number of ether oxygens (including phenoxy) is 2. The first-order chi connectivity index (χ1) is 13.5. The zero-order valence-corrected chi connectivity index (χ0v) is 17.7. The number of nitrogens with one attached hydrogen (secondary N) is 2. The number of fused-ring (bicyclic) bond motifs is 1. The molecule has 5 heteroatoms. The molecule has 1 aromatic carbocycles. The summed E-state index contributed by atoms with van der Waals surface area (Å²) >= 11 is 0. The summed E-state index contributed by atoms with van der Waals surface area (Å²) in [6.07, 6.45) is 4.00. The van der Waals surface area contributed by atoms with Crippen molar-refractivity contribution in [1.29, 1.82) is 0 Å². The largest absolute Gasteiger partial charge is 0.377 e. The van der Waals surface area contributed by atoms with E-state index in [2.05, 4.69) is 60.7 Å². The molecule has 2 N–H and O–H groups in total. The summed E-state index contributed by atoms with van der Waals surface area (Å²) in [5.41, 5.74) is 2.72. The quantitative estimate of drug-likeness (QED) is 0.616. The molecular weight excluding hydrogens is 350 g/mol. The molecule has 0 amide bonds. The molecule has 0 aromatic heterocycles. The zero-order chi connectivity index (χ0) is 19.7. The topological polar surface area (TPSA) is 54.9 Å². The van der Waals surface area contributed by atoms with Crippen LogP contribution < -0.4 is 10.6 Å². The highest BCUT2D eigenvalue weighted by molar-refractivity contribution is 5.80. The summed E-state index contributed by atoms with van der Waals surface area (Å²) in [6, 6.07) is 9.20. The molecule has 1 aliphatic carbocycles. The number of nitrogens with zero attached hydrogens (tertiary/aromatic N) is 1. The van der Waals surface area contributed by atoms with E-state index in [1.165, 1.54) is 17.5 Å². The molecule has 2 heterocycles. The summed E-state index contributed by atoms with van der Waals surface area (Å²) < 4.78 is 12.1. The van der Waals surface area contributed by atoms with Crippen molar-refractivity contribution >= 4 is 5.96 Å². The van der Waals surface area contributed by atoms with E-state index < -0.39 is 0 Å².